The third-order valence-corrected chi connectivity index (χ3v) is 4.06. The quantitative estimate of drug-likeness (QED) is 0.682. The van der Waals surface area contributed by atoms with E-state index < -0.39 is 0 Å². The molecule has 0 bridgehead atoms. The van der Waals surface area contributed by atoms with Crippen molar-refractivity contribution >= 4 is 15.9 Å². The van der Waals surface area contributed by atoms with Gasteiger partial charge >= 0.3 is 0 Å². The smallest absolute Gasteiger partial charge is 0.0519 e. The van der Waals surface area contributed by atoms with Gasteiger partial charge in [0.25, 0.3) is 0 Å². The average Bonchev–Trinajstić information content (AvgIpc) is 2.30. The Morgan fingerprint density at radius 1 is 1.42 bits per heavy atom. The second-order valence-electron chi connectivity index (χ2n) is 4.09. The van der Waals surface area contributed by atoms with E-state index in [2.05, 4.69) is 36.7 Å². The predicted octanol–water partition coefficient (Wildman–Crippen LogP) is 3.22. The van der Waals surface area contributed by atoms with E-state index in [0.717, 1.165) is 23.3 Å². The van der Waals surface area contributed by atoms with Crippen LogP contribution in [-0.2, 0) is 4.74 Å². The second-order valence-corrected chi connectivity index (χ2v) is 5.27. The van der Waals surface area contributed by atoms with Crippen molar-refractivity contribution in [2.45, 2.75) is 44.5 Å². The van der Waals surface area contributed by atoms with Gasteiger partial charge in [0.2, 0.25) is 0 Å². The maximum absolute atomic E-state index is 5.62. The van der Waals surface area contributed by atoms with Crippen LogP contribution in [0.15, 0.2) is 0 Å². The summed E-state index contributed by atoms with van der Waals surface area (Å²) in [5, 5.41) is 0. The highest BCUT2D eigenvalue weighted by molar-refractivity contribution is 9.09. The van der Waals surface area contributed by atoms with Gasteiger partial charge in [0, 0.05) is 4.83 Å². The molecular formula is C10H19BrO. The molecule has 1 rings (SSSR count). The Morgan fingerprint density at radius 2 is 2.08 bits per heavy atom. The zero-order valence-corrected chi connectivity index (χ0v) is 9.80. The zero-order chi connectivity index (χ0) is 9.14. The summed E-state index contributed by atoms with van der Waals surface area (Å²) in [5.41, 5.74) is 0. The zero-order valence-electron chi connectivity index (χ0n) is 8.22. The van der Waals surface area contributed by atoms with Crippen LogP contribution in [0.1, 0.15) is 33.6 Å². The van der Waals surface area contributed by atoms with Crippen molar-refractivity contribution < 1.29 is 4.74 Å². The van der Waals surface area contributed by atoms with E-state index in [0.29, 0.717) is 6.10 Å². The highest BCUT2D eigenvalue weighted by Gasteiger charge is 2.30. The summed E-state index contributed by atoms with van der Waals surface area (Å²) in [7, 11) is 0. The van der Waals surface area contributed by atoms with Crippen LogP contribution in [0.5, 0.6) is 0 Å². The molecule has 1 aliphatic carbocycles. The lowest BCUT2D eigenvalue weighted by Crippen LogP contribution is -2.18. The van der Waals surface area contributed by atoms with Crippen molar-refractivity contribution in [3.8, 4) is 0 Å². The lowest BCUT2D eigenvalue weighted by Gasteiger charge is -2.18. The maximum Gasteiger partial charge on any atom is 0.0519 e. The van der Waals surface area contributed by atoms with Gasteiger partial charge in [-0.25, -0.2) is 0 Å². The molecule has 0 amide bonds. The minimum absolute atomic E-state index is 0.381. The van der Waals surface area contributed by atoms with Gasteiger partial charge in [-0.2, -0.15) is 0 Å². The SMILES string of the molecule is CC(C)OCC1CCC(Br)C1C. The van der Waals surface area contributed by atoms with Crippen LogP contribution in [-0.4, -0.2) is 17.5 Å². The van der Waals surface area contributed by atoms with Gasteiger partial charge in [0.1, 0.15) is 0 Å². The van der Waals surface area contributed by atoms with Crippen molar-refractivity contribution in [1.29, 1.82) is 0 Å². The number of alkyl halides is 1. The highest BCUT2D eigenvalue weighted by Crippen LogP contribution is 2.36. The van der Waals surface area contributed by atoms with E-state index >= 15 is 0 Å². The fourth-order valence-electron chi connectivity index (χ4n) is 1.75. The summed E-state index contributed by atoms with van der Waals surface area (Å²) in [5.74, 6) is 1.56. The van der Waals surface area contributed by atoms with Crippen LogP contribution in [0.4, 0.5) is 0 Å². The molecule has 72 valence electrons. The van der Waals surface area contributed by atoms with Crippen LogP contribution in [0.25, 0.3) is 0 Å². The van der Waals surface area contributed by atoms with E-state index in [1.807, 2.05) is 0 Å². The first-order valence-corrected chi connectivity index (χ1v) is 5.78. The van der Waals surface area contributed by atoms with Crippen molar-refractivity contribution in [1.82, 2.24) is 0 Å². The van der Waals surface area contributed by atoms with E-state index in [1.54, 1.807) is 0 Å². The van der Waals surface area contributed by atoms with Crippen molar-refractivity contribution in [3.63, 3.8) is 0 Å². The Kier molecular flexibility index (Phi) is 4.04. The number of halogens is 1. The van der Waals surface area contributed by atoms with Crippen LogP contribution >= 0.6 is 15.9 Å². The Hall–Kier alpha value is 0.440. The molecule has 1 aliphatic rings. The molecule has 0 radical (unpaired) electrons. The standard InChI is InChI=1S/C10H19BrO/c1-7(2)12-6-9-4-5-10(11)8(9)3/h7-10H,4-6H2,1-3H3. The topological polar surface area (TPSA) is 9.23 Å². The molecule has 0 aromatic rings. The molecule has 1 fully saturated rings. The fraction of sp³-hybridized carbons (Fsp3) is 1.00. The van der Waals surface area contributed by atoms with Crippen LogP contribution < -0.4 is 0 Å². The summed E-state index contributed by atoms with van der Waals surface area (Å²) in [6.07, 6.45) is 3.02. The normalized spacial score (nSPS) is 36.2. The molecule has 0 aromatic carbocycles. The van der Waals surface area contributed by atoms with Gasteiger partial charge in [0.05, 0.1) is 12.7 Å². The third-order valence-electron chi connectivity index (χ3n) is 2.77. The molecule has 0 N–H and O–H groups in total. The minimum atomic E-state index is 0.381. The van der Waals surface area contributed by atoms with Crippen molar-refractivity contribution in [2.24, 2.45) is 11.8 Å². The summed E-state index contributed by atoms with van der Waals surface area (Å²) in [6, 6.07) is 0. The van der Waals surface area contributed by atoms with Crippen LogP contribution in [0.3, 0.4) is 0 Å². The molecule has 3 unspecified atom stereocenters. The molecule has 0 aromatic heterocycles. The first-order valence-electron chi connectivity index (χ1n) is 4.87. The van der Waals surface area contributed by atoms with Crippen LogP contribution in [0, 0.1) is 11.8 Å². The molecule has 2 heteroatoms. The largest absolute Gasteiger partial charge is 0.378 e. The molecule has 0 spiro atoms. The van der Waals surface area contributed by atoms with Crippen molar-refractivity contribution in [3.05, 3.63) is 0 Å². The van der Waals surface area contributed by atoms with Crippen molar-refractivity contribution in [2.75, 3.05) is 6.61 Å². The van der Waals surface area contributed by atoms with Gasteiger partial charge in [0.15, 0.2) is 0 Å². The molecule has 3 atom stereocenters. The van der Waals surface area contributed by atoms with E-state index in [1.165, 1.54) is 12.8 Å². The highest BCUT2D eigenvalue weighted by atomic mass is 79.9. The van der Waals surface area contributed by atoms with Gasteiger partial charge in [-0.3, -0.25) is 0 Å². The Bertz CT molecular complexity index is 136. The average molecular weight is 235 g/mol. The Balaban J connectivity index is 2.24. The lowest BCUT2D eigenvalue weighted by atomic mass is 9.99. The van der Waals surface area contributed by atoms with Gasteiger partial charge in [-0.1, -0.05) is 22.9 Å². The molecule has 0 heterocycles. The summed E-state index contributed by atoms with van der Waals surface area (Å²) >= 11 is 3.70. The Morgan fingerprint density at radius 3 is 2.50 bits per heavy atom. The molecule has 12 heavy (non-hydrogen) atoms. The molecular weight excluding hydrogens is 216 g/mol. The fourth-order valence-corrected chi connectivity index (χ4v) is 2.44. The Labute approximate surface area is 84.0 Å². The molecule has 0 aliphatic heterocycles. The number of ether oxygens (including phenoxy) is 1. The van der Waals surface area contributed by atoms with Gasteiger partial charge < -0.3 is 4.74 Å². The van der Waals surface area contributed by atoms with E-state index in [9.17, 15) is 0 Å². The molecule has 1 saturated carbocycles. The molecule has 1 nitrogen and oxygen atoms in total. The number of rotatable bonds is 3. The van der Waals surface area contributed by atoms with E-state index in [4.69, 9.17) is 4.74 Å². The lowest BCUT2D eigenvalue weighted by molar-refractivity contribution is 0.0436. The minimum Gasteiger partial charge on any atom is -0.378 e. The van der Waals surface area contributed by atoms with E-state index in [-0.39, 0.29) is 0 Å². The van der Waals surface area contributed by atoms with Gasteiger partial charge in [-0.05, 0) is 38.5 Å². The monoisotopic (exact) mass is 234 g/mol. The first kappa shape index (κ1) is 10.5. The number of hydrogen-bond acceptors (Lipinski definition) is 1. The predicted molar refractivity (Wildman–Crippen MR) is 55.7 cm³/mol. The number of hydrogen-bond donors (Lipinski definition) is 0. The first-order chi connectivity index (χ1) is 5.61. The third kappa shape index (κ3) is 2.74. The summed E-state index contributed by atoms with van der Waals surface area (Å²) in [4.78, 5) is 0.721. The molecule has 0 saturated heterocycles. The van der Waals surface area contributed by atoms with Gasteiger partial charge in [-0.15, -0.1) is 0 Å². The second kappa shape index (κ2) is 4.61. The van der Waals surface area contributed by atoms with Crippen LogP contribution in [0.2, 0.25) is 0 Å². The maximum atomic E-state index is 5.62. The summed E-state index contributed by atoms with van der Waals surface area (Å²) < 4.78 is 5.62. The summed E-state index contributed by atoms with van der Waals surface area (Å²) in [6.45, 7) is 7.47.